The van der Waals surface area contributed by atoms with Crippen LogP contribution in [0, 0.1) is 0 Å². The number of nitrogens with zero attached hydrogens (tertiary/aromatic N) is 1. The van der Waals surface area contributed by atoms with Crippen LogP contribution < -0.4 is 16.4 Å². The van der Waals surface area contributed by atoms with Gasteiger partial charge in [-0.05, 0) is 47.0 Å². The van der Waals surface area contributed by atoms with Gasteiger partial charge in [-0.2, -0.15) is 0 Å². The summed E-state index contributed by atoms with van der Waals surface area (Å²) in [6.07, 6.45) is 2.16. The number of benzene rings is 1. The van der Waals surface area contributed by atoms with Gasteiger partial charge in [0.05, 0.1) is 5.56 Å². The molecule has 0 spiro atoms. The third kappa shape index (κ3) is 3.82. The zero-order chi connectivity index (χ0) is 17.1. The number of rotatable bonds is 6. The molecule has 3 rings (SSSR count). The number of hydrogen-bond donors (Lipinski definition) is 3. The maximum absolute atomic E-state index is 12.2. The molecule has 8 heteroatoms. The standard InChI is InChI=1S/C16H17BrN4O3/c17-12-7-10(3-4-11(12)15(22)19-6-5-18)20-16(23)13-8-14(24-21-13)9-1-2-9/h3-4,7-9H,1-2,5-6,18H2,(H,19,22)(H,20,23). The Kier molecular flexibility index (Phi) is 4.96. The Morgan fingerprint density at radius 1 is 1.29 bits per heavy atom. The van der Waals surface area contributed by atoms with E-state index in [2.05, 4.69) is 31.7 Å². The first-order valence-corrected chi connectivity index (χ1v) is 8.43. The topological polar surface area (TPSA) is 110 Å². The molecule has 0 radical (unpaired) electrons. The highest BCUT2D eigenvalue weighted by Crippen LogP contribution is 2.40. The Hall–Kier alpha value is -2.19. The van der Waals surface area contributed by atoms with Crippen LogP contribution in [0.5, 0.6) is 0 Å². The van der Waals surface area contributed by atoms with E-state index in [9.17, 15) is 9.59 Å². The minimum atomic E-state index is -0.349. The van der Waals surface area contributed by atoms with Crippen molar-refractivity contribution in [3.63, 3.8) is 0 Å². The molecule has 24 heavy (non-hydrogen) atoms. The summed E-state index contributed by atoms with van der Waals surface area (Å²) in [5.41, 5.74) is 6.64. The number of carbonyl (C=O) groups excluding carboxylic acids is 2. The number of hydrogen-bond acceptors (Lipinski definition) is 5. The Labute approximate surface area is 147 Å². The smallest absolute Gasteiger partial charge is 0.277 e. The zero-order valence-electron chi connectivity index (χ0n) is 12.8. The number of nitrogens with one attached hydrogen (secondary N) is 2. The van der Waals surface area contributed by atoms with Gasteiger partial charge in [0.1, 0.15) is 5.76 Å². The average molecular weight is 393 g/mol. The molecule has 0 bridgehead atoms. The van der Waals surface area contributed by atoms with E-state index in [1.165, 1.54) is 0 Å². The third-order valence-electron chi connectivity index (χ3n) is 3.64. The normalized spacial score (nSPS) is 13.6. The highest BCUT2D eigenvalue weighted by Gasteiger charge is 2.28. The number of halogens is 1. The van der Waals surface area contributed by atoms with Crippen LogP contribution in [0.15, 0.2) is 33.3 Å². The minimum absolute atomic E-state index is 0.226. The quantitative estimate of drug-likeness (QED) is 0.697. The second kappa shape index (κ2) is 7.14. The highest BCUT2D eigenvalue weighted by molar-refractivity contribution is 9.10. The molecule has 0 aliphatic heterocycles. The van der Waals surface area contributed by atoms with E-state index in [1.807, 2.05) is 0 Å². The summed E-state index contributed by atoms with van der Waals surface area (Å²) >= 11 is 3.34. The fourth-order valence-electron chi connectivity index (χ4n) is 2.21. The summed E-state index contributed by atoms with van der Waals surface area (Å²) < 4.78 is 5.75. The van der Waals surface area contributed by atoms with E-state index >= 15 is 0 Å². The van der Waals surface area contributed by atoms with E-state index in [4.69, 9.17) is 10.3 Å². The second-order valence-electron chi connectivity index (χ2n) is 5.58. The lowest BCUT2D eigenvalue weighted by atomic mass is 10.2. The van der Waals surface area contributed by atoms with Crippen molar-refractivity contribution in [2.45, 2.75) is 18.8 Å². The van der Waals surface area contributed by atoms with Crippen molar-refractivity contribution in [3.05, 3.63) is 45.8 Å². The third-order valence-corrected chi connectivity index (χ3v) is 4.30. The van der Waals surface area contributed by atoms with Crippen LogP contribution in [0.4, 0.5) is 5.69 Å². The first-order chi connectivity index (χ1) is 11.6. The lowest BCUT2D eigenvalue weighted by molar-refractivity contribution is 0.0953. The van der Waals surface area contributed by atoms with Crippen LogP contribution in [0.3, 0.4) is 0 Å². The maximum atomic E-state index is 12.2. The Bertz CT molecular complexity index is 770. The molecule has 1 aliphatic rings. The fraction of sp³-hybridized carbons (Fsp3) is 0.312. The molecule has 0 unspecified atom stereocenters. The summed E-state index contributed by atoms with van der Waals surface area (Å²) in [7, 11) is 0. The van der Waals surface area contributed by atoms with E-state index in [1.54, 1.807) is 24.3 Å². The number of nitrogens with two attached hydrogens (primary N) is 1. The molecule has 4 N–H and O–H groups in total. The predicted molar refractivity (Wildman–Crippen MR) is 92.0 cm³/mol. The molecule has 1 aromatic heterocycles. The summed E-state index contributed by atoms with van der Waals surface area (Å²) in [6.45, 7) is 0.775. The lowest BCUT2D eigenvalue weighted by Crippen LogP contribution is -2.29. The van der Waals surface area contributed by atoms with Crippen molar-refractivity contribution in [1.82, 2.24) is 10.5 Å². The first kappa shape index (κ1) is 16.7. The van der Waals surface area contributed by atoms with Crippen LogP contribution >= 0.6 is 15.9 Å². The van der Waals surface area contributed by atoms with Gasteiger partial charge in [0, 0.05) is 35.2 Å². The van der Waals surface area contributed by atoms with Crippen molar-refractivity contribution < 1.29 is 14.1 Å². The van der Waals surface area contributed by atoms with Crippen LogP contribution in [-0.4, -0.2) is 30.1 Å². The predicted octanol–water partition coefficient (Wildman–Crippen LogP) is 2.26. The summed E-state index contributed by atoms with van der Waals surface area (Å²) in [5.74, 6) is 0.585. The Balaban J connectivity index is 1.67. The molecule has 2 amide bonds. The number of carbonyl (C=O) groups is 2. The molecule has 1 heterocycles. The van der Waals surface area contributed by atoms with Gasteiger partial charge >= 0.3 is 0 Å². The molecular weight excluding hydrogens is 376 g/mol. The lowest BCUT2D eigenvalue weighted by Gasteiger charge is -2.08. The number of anilines is 1. The van der Waals surface area contributed by atoms with E-state index in [0.29, 0.717) is 34.7 Å². The number of aromatic nitrogens is 1. The van der Waals surface area contributed by atoms with Crippen molar-refractivity contribution in [3.8, 4) is 0 Å². The Morgan fingerprint density at radius 2 is 2.08 bits per heavy atom. The van der Waals surface area contributed by atoms with E-state index in [-0.39, 0.29) is 17.5 Å². The molecule has 1 aromatic carbocycles. The largest absolute Gasteiger partial charge is 0.360 e. The van der Waals surface area contributed by atoms with Gasteiger partial charge in [-0.15, -0.1) is 0 Å². The summed E-state index contributed by atoms with van der Waals surface area (Å²) in [6, 6.07) is 6.62. The molecule has 7 nitrogen and oxygen atoms in total. The minimum Gasteiger partial charge on any atom is -0.360 e. The SMILES string of the molecule is NCCNC(=O)c1ccc(NC(=O)c2cc(C3CC3)on2)cc1Br. The maximum Gasteiger partial charge on any atom is 0.277 e. The van der Waals surface area contributed by atoms with Crippen LogP contribution in [-0.2, 0) is 0 Å². The highest BCUT2D eigenvalue weighted by atomic mass is 79.9. The van der Waals surface area contributed by atoms with Gasteiger partial charge in [0.25, 0.3) is 11.8 Å². The molecular formula is C16H17BrN4O3. The van der Waals surface area contributed by atoms with Gasteiger partial charge < -0.3 is 20.9 Å². The van der Waals surface area contributed by atoms with Gasteiger partial charge in [0.15, 0.2) is 5.69 Å². The molecule has 0 saturated heterocycles. The molecule has 0 atom stereocenters. The summed E-state index contributed by atoms with van der Waals surface area (Å²) in [5, 5.41) is 9.23. The molecule has 1 aliphatic carbocycles. The van der Waals surface area contributed by atoms with E-state index < -0.39 is 0 Å². The van der Waals surface area contributed by atoms with Crippen LogP contribution in [0.1, 0.15) is 45.4 Å². The second-order valence-corrected chi connectivity index (χ2v) is 6.44. The van der Waals surface area contributed by atoms with Gasteiger partial charge in [-0.3, -0.25) is 9.59 Å². The van der Waals surface area contributed by atoms with Crippen molar-refractivity contribution in [2.24, 2.45) is 5.73 Å². The Morgan fingerprint density at radius 3 is 2.75 bits per heavy atom. The molecule has 2 aromatic rings. The summed E-state index contributed by atoms with van der Waals surface area (Å²) in [4.78, 5) is 24.1. The van der Waals surface area contributed by atoms with Crippen LogP contribution in [0.25, 0.3) is 0 Å². The molecule has 1 saturated carbocycles. The van der Waals surface area contributed by atoms with Crippen LogP contribution in [0.2, 0.25) is 0 Å². The zero-order valence-corrected chi connectivity index (χ0v) is 14.4. The van der Waals surface area contributed by atoms with Crippen molar-refractivity contribution >= 4 is 33.4 Å². The monoisotopic (exact) mass is 392 g/mol. The fourth-order valence-corrected chi connectivity index (χ4v) is 2.77. The number of amides is 2. The first-order valence-electron chi connectivity index (χ1n) is 7.64. The average Bonchev–Trinajstić information content (AvgIpc) is 3.29. The van der Waals surface area contributed by atoms with Crippen molar-refractivity contribution in [1.29, 1.82) is 0 Å². The molecule has 126 valence electrons. The molecule has 1 fully saturated rings. The van der Waals surface area contributed by atoms with E-state index in [0.717, 1.165) is 18.6 Å². The van der Waals surface area contributed by atoms with Gasteiger partial charge in [-0.25, -0.2) is 0 Å². The van der Waals surface area contributed by atoms with Gasteiger partial charge in [0.2, 0.25) is 0 Å². The van der Waals surface area contributed by atoms with Crippen molar-refractivity contribution in [2.75, 3.05) is 18.4 Å². The van der Waals surface area contributed by atoms with Gasteiger partial charge in [-0.1, -0.05) is 5.16 Å².